The summed E-state index contributed by atoms with van der Waals surface area (Å²) in [5, 5.41) is 4.94. The number of amides is 3. The number of urea groups is 1. The molecule has 3 amide bonds. The molecule has 7 nitrogen and oxygen atoms in total. The van der Waals surface area contributed by atoms with E-state index in [9.17, 15) is 14.4 Å². The second-order valence-electron chi connectivity index (χ2n) is 5.98. The van der Waals surface area contributed by atoms with Crippen molar-refractivity contribution in [3.8, 4) is 0 Å². The fourth-order valence-corrected chi connectivity index (χ4v) is 2.36. The maximum atomic E-state index is 11.8. The average Bonchev–Trinajstić information content (AvgIpc) is 2.45. The second kappa shape index (κ2) is 9.40. The van der Waals surface area contributed by atoms with Gasteiger partial charge in [0.25, 0.3) is 0 Å². The molecule has 0 aromatic rings. The third kappa shape index (κ3) is 6.89. The van der Waals surface area contributed by atoms with Crippen molar-refractivity contribution in [2.24, 2.45) is 11.8 Å². The van der Waals surface area contributed by atoms with Crippen molar-refractivity contribution in [2.45, 2.75) is 33.6 Å². The zero-order valence-corrected chi connectivity index (χ0v) is 13.7. The number of likely N-dealkylation sites (tertiary alicyclic amines) is 1. The molecule has 1 aliphatic rings. The van der Waals surface area contributed by atoms with Gasteiger partial charge in [-0.1, -0.05) is 13.8 Å². The topological polar surface area (TPSA) is 87.7 Å². The van der Waals surface area contributed by atoms with Gasteiger partial charge in [0.2, 0.25) is 5.91 Å². The normalized spacial score (nSPS) is 18.8. The van der Waals surface area contributed by atoms with Gasteiger partial charge >= 0.3 is 12.0 Å². The van der Waals surface area contributed by atoms with Gasteiger partial charge in [0.1, 0.15) is 0 Å². The Morgan fingerprint density at radius 3 is 2.68 bits per heavy atom. The molecule has 0 aliphatic carbocycles. The summed E-state index contributed by atoms with van der Waals surface area (Å²) in [5.74, 6) is -0.419. The Kier molecular flexibility index (Phi) is 7.87. The average molecular weight is 313 g/mol. The van der Waals surface area contributed by atoms with E-state index < -0.39 is 6.03 Å². The van der Waals surface area contributed by atoms with Crippen molar-refractivity contribution in [1.29, 1.82) is 0 Å². The molecule has 1 saturated heterocycles. The minimum Gasteiger partial charge on any atom is -0.466 e. The number of carbonyl (C=O) groups is 3. The van der Waals surface area contributed by atoms with E-state index in [4.69, 9.17) is 4.74 Å². The highest BCUT2D eigenvalue weighted by atomic mass is 16.5. The summed E-state index contributed by atoms with van der Waals surface area (Å²) in [7, 11) is 0. The van der Waals surface area contributed by atoms with Gasteiger partial charge in [-0.05, 0) is 32.2 Å². The Hall–Kier alpha value is -1.63. The molecule has 1 aliphatic heterocycles. The van der Waals surface area contributed by atoms with Gasteiger partial charge in [0.15, 0.2) is 0 Å². The van der Waals surface area contributed by atoms with Crippen molar-refractivity contribution in [2.75, 3.05) is 32.8 Å². The summed E-state index contributed by atoms with van der Waals surface area (Å²) in [6, 6.07) is -0.474. The number of nitrogens with one attached hydrogen (secondary N) is 2. The van der Waals surface area contributed by atoms with Crippen LogP contribution in [0.4, 0.5) is 4.79 Å². The number of nitrogens with zero attached hydrogens (tertiary/aromatic N) is 1. The molecule has 126 valence electrons. The lowest BCUT2D eigenvalue weighted by atomic mass is 9.98. The summed E-state index contributed by atoms with van der Waals surface area (Å²) in [4.78, 5) is 37.0. The minimum atomic E-state index is -0.474. The fourth-order valence-electron chi connectivity index (χ4n) is 2.36. The molecule has 0 bridgehead atoms. The predicted molar refractivity (Wildman–Crippen MR) is 82.2 cm³/mol. The molecular formula is C15H27N3O4. The number of piperidine rings is 1. The maximum Gasteiger partial charge on any atom is 0.321 e. The lowest BCUT2D eigenvalue weighted by molar-refractivity contribution is -0.150. The third-order valence-electron chi connectivity index (χ3n) is 3.42. The number of rotatable bonds is 6. The first kappa shape index (κ1) is 18.4. The molecule has 2 N–H and O–H groups in total. The lowest BCUT2D eigenvalue weighted by Crippen LogP contribution is -2.48. The molecule has 0 radical (unpaired) electrons. The summed E-state index contributed by atoms with van der Waals surface area (Å²) >= 11 is 0. The SMILES string of the molecule is CCOC(=O)C1CCCN(CC(=O)NC(=O)NCC(C)C)C1. The Morgan fingerprint density at radius 2 is 2.05 bits per heavy atom. The second-order valence-corrected chi connectivity index (χ2v) is 5.98. The van der Waals surface area contributed by atoms with Gasteiger partial charge in [-0.2, -0.15) is 0 Å². The van der Waals surface area contributed by atoms with Crippen molar-refractivity contribution < 1.29 is 19.1 Å². The van der Waals surface area contributed by atoms with Gasteiger partial charge in [-0.15, -0.1) is 0 Å². The van der Waals surface area contributed by atoms with Crippen LogP contribution in [0.1, 0.15) is 33.6 Å². The number of carbonyl (C=O) groups excluding carboxylic acids is 3. The molecule has 0 saturated carbocycles. The molecule has 22 heavy (non-hydrogen) atoms. The predicted octanol–water partition coefficient (Wildman–Crippen LogP) is 0.743. The Bertz CT molecular complexity index is 398. The van der Waals surface area contributed by atoms with Gasteiger partial charge in [0.05, 0.1) is 19.1 Å². The highest BCUT2D eigenvalue weighted by molar-refractivity contribution is 5.95. The number of esters is 1. The molecule has 1 rings (SSSR count). The summed E-state index contributed by atoms with van der Waals surface area (Å²) in [6.07, 6.45) is 1.63. The van der Waals surface area contributed by atoms with Crippen LogP contribution in [0.15, 0.2) is 0 Å². The van der Waals surface area contributed by atoms with Gasteiger partial charge in [0, 0.05) is 13.1 Å². The van der Waals surface area contributed by atoms with Crippen LogP contribution in [0.2, 0.25) is 0 Å². The van der Waals surface area contributed by atoms with Crippen LogP contribution < -0.4 is 10.6 Å². The fraction of sp³-hybridized carbons (Fsp3) is 0.800. The zero-order valence-electron chi connectivity index (χ0n) is 13.7. The van der Waals surface area contributed by atoms with Gasteiger partial charge in [-0.3, -0.25) is 19.8 Å². The van der Waals surface area contributed by atoms with E-state index in [1.54, 1.807) is 6.92 Å². The first-order valence-corrected chi connectivity index (χ1v) is 7.89. The van der Waals surface area contributed by atoms with Crippen LogP contribution in [-0.4, -0.2) is 55.6 Å². The first-order valence-electron chi connectivity index (χ1n) is 7.89. The first-order chi connectivity index (χ1) is 10.4. The van der Waals surface area contributed by atoms with E-state index >= 15 is 0 Å². The van der Waals surface area contributed by atoms with Crippen LogP contribution in [0.25, 0.3) is 0 Å². The Labute approximate surface area is 131 Å². The standard InChI is InChI=1S/C15H27N3O4/c1-4-22-14(20)12-6-5-7-18(9-12)10-13(19)17-15(21)16-8-11(2)3/h11-12H,4-10H2,1-3H3,(H2,16,17,19,21). The van der Waals surface area contributed by atoms with E-state index in [-0.39, 0.29) is 24.3 Å². The lowest BCUT2D eigenvalue weighted by Gasteiger charge is -2.30. The van der Waals surface area contributed by atoms with Crippen LogP contribution in [0, 0.1) is 11.8 Å². The maximum absolute atomic E-state index is 11.8. The largest absolute Gasteiger partial charge is 0.466 e. The van der Waals surface area contributed by atoms with Gasteiger partial charge in [-0.25, -0.2) is 4.79 Å². The van der Waals surface area contributed by atoms with Crippen LogP contribution in [-0.2, 0) is 14.3 Å². The van der Waals surface area contributed by atoms with Crippen LogP contribution in [0.3, 0.4) is 0 Å². The summed E-state index contributed by atoms with van der Waals surface area (Å²) < 4.78 is 5.02. The van der Waals surface area contributed by atoms with Crippen molar-refractivity contribution >= 4 is 17.9 Å². The molecule has 7 heteroatoms. The number of ether oxygens (including phenoxy) is 1. The molecule has 1 atom stereocenters. The molecule has 0 aromatic heterocycles. The molecule has 0 aromatic carbocycles. The monoisotopic (exact) mass is 313 g/mol. The minimum absolute atomic E-state index is 0.116. The molecular weight excluding hydrogens is 286 g/mol. The third-order valence-corrected chi connectivity index (χ3v) is 3.42. The van der Waals surface area contributed by atoms with E-state index in [0.29, 0.717) is 25.6 Å². The zero-order chi connectivity index (χ0) is 16.5. The van der Waals surface area contributed by atoms with Crippen molar-refractivity contribution in [1.82, 2.24) is 15.5 Å². The highest BCUT2D eigenvalue weighted by Gasteiger charge is 2.27. The summed E-state index contributed by atoms with van der Waals surface area (Å²) in [5.41, 5.74) is 0. The van der Waals surface area contributed by atoms with Gasteiger partial charge < -0.3 is 10.1 Å². The number of hydrogen-bond acceptors (Lipinski definition) is 5. The van der Waals surface area contributed by atoms with Crippen molar-refractivity contribution in [3.05, 3.63) is 0 Å². The Morgan fingerprint density at radius 1 is 1.32 bits per heavy atom. The van der Waals surface area contributed by atoms with E-state index in [0.717, 1.165) is 19.4 Å². The van der Waals surface area contributed by atoms with E-state index in [2.05, 4.69) is 10.6 Å². The molecule has 1 heterocycles. The number of imide groups is 1. The summed E-state index contributed by atoms with van der Waals surface area (Å²) in [6.45, 7) is 7.99. The molecule has 1 fully saturated rings. The Balaban J connectivity index is 2.34. The van der Waals surface area contributed by atoms with E-state index in [1.807, 2.05) is 18.7 Å². The van der Waals surface area contributed by atoms with E-state index in [1.165, 1.54) is 0 Å². The molecule has 1 unspecified atom stereocenters. The van der Waals surface area contributed by atoms with Crippen LogP contribution >= 0.6 is 0 Å². The quantitative estimate of drug-likeness (QED) is 0.706. The highest BCUT2D eigenvalue weighted by Crippen LogP contribution is 2.17. The van der Waals surface area contributed by atoms with Crippen molar-refractivity contribution in [3.63, 3.8) is 0 Å². The molecule has 0 spiro atoms. The van der Waals surface area contributed by atoms with Crippen LogP contribution in [0.5, 0.6) is 0 Å². The number of hydrogen-bond donors (Lipinski definition) is 2. The smallest absolute Gasteiger partial charge is 0.321 e.